The molecule has 0 amide bonds. The molecule has 0 aromatic carbocycles. The molecule has 9 heavy (non-hydrogen) atoms. The Kier molecular flexibility index (Phi) is 1.30. The van der Waals surface area contributed by atoms with Gasteiger partial charge in [-0.25, -0.2) is 4.98 Å². The Morgan fingerprint density at radius 1 is 1.67 bits per heavy atom. The van der Waals surface area contributed by atoms with Crippen molar-refractivity contribution < 1.29 is 9.50 Å². The highest BCUT2D eigenvalue weighted by Crippen LogP contribution is 2.07. The van der Waals surface area contributed by atoms with Gasteiger partial charge in [0.2, 0.25) is 5.82 Å². The molecule has 1 aromatic heterocycles. The molecule has 0 atom stereocenters. The van der Waals surface area contributed by atoms with E-state index in [4.69, 9.17) is 5.11 Å². The predicted octanol–water partition coefficient (Wildman–Crippen LogP) is 0.630. The van der Waals surface area contributed by atoms with Crippen LogP contribution in [0.2, 0.25) is 0 Å². The van der Waals surface area contributed by atoms with E-state index in [9.17, 15) is 4.39 Å². The second kappa shape index (κ2) is 1.97. The number of aromatic hydroxyl groups is 1. The van der Waals surface area contributed by atoms with E-state index in [0.717, 1.165) is 6.20 Å². The van der Waals surface area contributed by atoms with Gasteiger partial charge in [0.1, 0.15) is 5.82 Å². The minimum Gasteiger partial charge on any atom is -0.491 e. The molecule has 1 aromatic rings. The molecule has 0 unspecified atom stereocenters. The van der Waals surface area contributed by atoms with Gasteiger partial charge in [0, 0.05) is 0 Å². The van der Waals surface area contributed by atoms with Crippen LogP contribution in [0.4, 0.5) is 4.39 Å². The quantitative estimate of drug-likeness (QED) is 0.557. The third-order valence-corrected chi connectivity index (χ3v) is 0.846. The van der Waals surface area contributed by atoms with Crippen molar-refractivity contribution in [1.82, 2.24) is 9.97 Å². The summed E-state index contributed by atoms with van der Waals surface area (Å²) in [7, 11) is 0. The van der Waals surface area contributed by atoms with Crippen LogP contribution in [0.1, 0.15) is 5.82 Å². The fourth-order valence-corrected chi connectivity index (χ4v) is 0.443. The van der Waals surface area contributed by atoms with Crippen molar-refractivity contribution in [3.63, 3.8) is 0 Å². The van der Waals surface area contributed by atoms with Gasteiger partial charge >= 0.3 is 0 Å². The zero-order chi connectivity index (χ0) is 6.85. The minimum atomic E-state index is -0.791. The average Bonchev–Trinajstić information content (AvgIpc) is 1.80. The first-order chi connectivity index (χ1) is 4.20. The van der Waals surface area contributed by atoms with E-state index >= 15 is 0 Å². The molecule has 0 aliphatic rings. The van der Waals surface area contributed by atoms with Crippen LogP contribution < -0.4 is 0 Å². The second-order valence-corrected chi connectivity index (χ2v) is 1.59. The SMILES string of the molecule is Cc1ncc(F)c(O)n1. The lowest BCUT2D eigenvalue weighted by atomic mass is 10.5. The van der Waals surface area contributed by atoms with Gasteiger partial charge in [0.25, 0.3) is 5.88 Å². The highest BCUT2D eigenvalue weighted by atomic mass is 19.1. The Bertz CT molecular complexity index is 226. The normalized spacial score (nSPS) is 9.56. The lowest BCUT2D eigenvalue weighted by molar-refractivity contribution is 0.406. The Hall–Kier alpha value is -1.19. The van der Waals surface area contributed by atoms with E-state index in [1.807, 2.05) is 0 Å². The van der Waals surface area contributed by atoms with Gasteiger partial charge < -0.3 is 5.11 Å². The third kappa shape index (κ3) is 1.13. The molecule has 3 nitrogen and oxygen atoms in total. The van der Waals surface area contributed by atoms with Crippen LogP contribution in [0.15, 0.2) is 6.20 Å². The maximum atomic E-state index is 12.1. The topological polar surface area (TPSA) is 46.0 Å². The van der Waals surface area contributed by atoms with Crippen LogP contribution in [0.25, 0.3) is 0 Å². The van der Waals surface area contributed by atoms with Gasteiger partial charge in [-0.2, -0.15) is 9.37 Å². The number of hydrogen-bond acceptors (Lipinski definition) is 3. The number of nitrogens with zero attached hydrogens (tertiary/aromatic N) is 2. The first kappa shape index (κ1) is 5.94. The highest BCUT2D eigenvalue weighted by molar-refractivity contribution is 5.08. The summed E-state index contributed by atoms with van der Waals surface area (Å²) in [6.07, 6.45) is 0.928. The first-order valence-corrected chi connectivity index (χ1v) is 2.38. The average molecular weight is 128 g/mol. The summed E-state index contributed by atoms with van der Waals surface area (Å²) in [5.41, 5.74) is 0. The summed E-state index contributed by atoms with van der Waals surface area (Å²) in [4.78, 5) is 6.84. The fourth-order valence-electron chi connectivity index (χ4n) is 0.443. The van der Waals surface area contributed by atoms with Crippen LogP contribution in [0, 0.1) is 12.7 Å². The Morgan fingerprint density at radius 3 is 2.78 bits per heavy atom. The fraction of sp³-hybridized carbons (Fsp3) is 0.200. The lowest BCUT2D eigenvalue weighted by Crippen LogP contribution is -1.88. The molecule has 48 valence electrons. The Labute approximate surface area is 51.2 Å². The summed E-state index contributed by atoms with van der Waals surface area (Å²) in [5, 5.41) is 8.57. The number of aromatic nitrogens is 2. The molecule has 1 rings (SSSR count). The van der Waals surface area contributed by atoms with E-state index in [1.165, 1.54) is 0 Å². The summed E-state index contributed by atoms with van der Waals surface area (Å²) in [6.45, 7) is 1.57. The maximum Gasteiger partial charge on any atom is 0.251 e. The molecule has 0 aliphatic heterocycles. The first-order valence-electron chi connectivity index (χ1n) is 2.38. The predicted molar refractivity (Wildman–Crippen MR) is 28.4 cm³/mol. The van der Waals surface area contributed by atoms with Crippen molar-refractivity contribution in [2.45, 2.75) is 6.92 Å². The molecule has 4 heteroatoms. The molecule has 0 saturated carbocycles. The second-order valence-electron chi connectivity index (χ2n) is 1.59. The van der Waals surface area contributed by atoms with Crippen LogP contribution in [0.3, 0.4) is 0 Å². The monoisotopic (exact) mass is 128 g/mol. The van der Waals surface area contributed by atoms with Crippen molar-refractivity contribution >= 4 is 0 Å². The lowest BCUT2D eigenvalue weighted by Gasteiger charge is -1.91. The largest absolute Gasteiger partial charge is 0.491 e. The molecule has 0 bridgehead atoms. The molecule has 0 saturated heterocycles. The Morgan fingerprint density at radius 2 is 2.33 bits per heavy atom. The van der Waals surface area contributed by atoms with Gasteiger partial charge in [0.05, 0.1) is 6.20 Å². The van der Waals surface area contributed by atoms with Crippen LogP contribution in [-0.2, 0) is 0 Å². The van der Waals surface area contributed by atoms with Crippen molar-refractivity contribution in [1.29, 1.82) is 0 Å². The number of aryl methyl sites for hydroxylation is 1. The minimum absolute atomic E-state index is 0.355. The number of halogens is 1. The molecular weight excluding hydrogens is 123 g/mol. The van der Waals surface area contributed by atoms with Crippen molar-refractivity contribution in [2.75, 3.05) is 0 Å². The van der Waals surface area contributed by atoms with Crippen LogP contribution in [-0.4, -0.2) is 15.1 Å². The van der Waals surface area contributed by atoms with E-state index in [2.05, 4.69) is 9.97 Å². The summed E-state index contributed by atoms with van der Waals surface area (Å²) < 4.78 is 12.1. The van der Waals surface area contributed by atoms with Crippen LogP contribution >= 0.6 is 0 Å². The van der Waals surface area contributed by atoms with Gasteiger partial charge in [0.15, 0.2) is 0 Å². The number of rotatable bonds is 0. The molecule has 1 N–H and O–H groups in total. The van der Waals surface area contributed by atoms with Gasteiger partial charge in [-0.15, -0.1) is 0 Å². The maximum absolute atomic E-state index is 12.1. The summed E-state index contributed by atoms with van der Waals surface area (Å²) in [6, 6.07) is 0. The van der Waals surface area contributed by atoms with Gasteiger partial charge in [-0.3, -0.25) is 0 Å². The molecular formula is C5H5FN2O. The van der Waals surface area contributed by atoms with Gasteiger partial charge in [-0.1, -0.05) is 0 Å². The molecule has 0 radical (unpaired) electrons. The third-order valence-electron chi connectivity index (χ3n) is 0.846. The smallest absolute Gasteiger partial charge is 0.251 e. The van der Waals surface area contributed by atoms with Crippen LogP contribution in [0.5, 0.6) is 5.88 Å². The van der Waals surface area contributed by atoms with E-state index in [0.29, 0.717) is 5.82 Å². The molecule has 0 spiro atoms. The molecule has 0 aliphatic carbocycles. The van der Waals surface area contributed by atoms with Crippen molar-refractivity contribution in [3.8, 4) is 5.88 Å². The highest BCUT2D eigenvalue weighted by Gasteiger charge is 1.99. The molecule has 0 fully saturated rings. The zero-order valence-corrected chi connectivity index (χ0v) is 4.80. The summed E-state index contributed by atoms with van der Waals surface area (Å²) >= 11 is 0. The van der Waals surface area contributed by atoms with Crippen molar-refractivity contribution in [3.05, 3.63) is 17.8 Å². The standard InChI is InChI=1S/C5H5FN2O/c1-3-7-2-4(6)5(9)8-3/h2H,1H3,(H,7,8,9). The van der Waals surface area contributed by atoms with E-state index in [1.54, 1.807) is 6.92 Å². The van der Waals surface area contributed by atoms with Gasteiger partial charge in [-0.05, 0) is 6.92 Å². The van der Waals surface area contributed by atoms with Crippen molar-refractivity contribution in [2.24, 2.45) is 0 Å². The molecule has 1 heterocycles. The van der Waals surface area contributed by atoms with E-state index in [-0.39, 0.29) is 0 Å². The zero-order valence-electron chi connectivity index (χ0n) is 4.80. The van der Waals surface area contributed by atoms with E-state index < -0.39 is 11.7 Å². The Balaban J connectivity index is 3.17. The summed E-state index contributed by atoms with van der Waals surface area (Å²) in [5.74, 6) is -1.03. The number of hydrogen-bond donors (Lipinski definition) is 1.